The van der Waals surface area contributed by atoms with Gasteiger partial charge in [0.15, 0.2) is 0 Å². The zero-order valence-corrected chi connectivity index (χ0v) is 26.2. The minimum Gasteiger partial charge on any atom is -0.469 e. The van der Waals surface area contributed by atoms with E-state index in [0.29, 0.717) is 49.2 Å². The Kier molecular flexibility index (Phi) is 10.7. The lowest BCUT2D eigenvalue weighted by atomic mass is 9.93. The standard InChI is InChI=1S/C35H40ClF2N3O3/c1-3-24-5-4-6-27(19-24)28-20-31(37)33(32(38)21-28)34(42)41-17-15-40(16-18-41)22-25-11-13-39(14-12-25)23-30(35(43)44-2)26-7-9-29(36)10-8-26/h4-10,19-21,25,30H,3,11-18,22-23H2,1-2H3. The summed E-state index contributed by atoms with van der Waals surface area (Å²) in [6, 6.07) is 17.4. The van der Waals surface area contributed by atoms with Crippen LogP contribution in [0.2, 0.25) is 5.02 Å². The number of carbonyl (C=O) groups excluding carboxylic acids is 2. The van der Waals surface area contributed by atoms with Crippen molar-refractivity contribution < 1.29 is 23.1 Å². The van der Waals surface area contributed by atoms with Gasteiger partial charge in [0.25, 0.3) is 5.91 Å². The van der Waals surface area contributed by atoms with Crippen LogP contribution in [0.25, 0.3) is 11.1 Å². The molecule has 1 amide bonds. The summed E-state index contributed by atoms with van der Waals surface area (Å²) in [6.07, 6.45) is 2.85. The number of methoxy groups -OCH3 is 1. The van der Waals surface area contributed by atoms with E-state index in [1.807, 2.05) is 43.3 Å². The van der Waals surface area contributed by atoms with Gasteiger partial charge in [-0.15, -0.1) is 0 Å². The number of esters is 1. The van der Waals surface area contributed by atoms with Crippen LogP contribution in [0, 0.1) is 17.6 Å². The molecule has 3 aromatic carbocycles. The van der Waals surface area contributed by atoms with Crippen molar-refractivity contribution in [2.45, 2.75) is 32.1 Å². The molecule has 6 nitrogen and oxygen atoms in total. The van der Waals surface area contributed by atoms with Crippen LogP contribution < -0.4 is 0 Å². The van der Waals surface area contributed by atoms with Crippen molar-refractivity contribution in [1.29, 1.82) is 0 Å². The van der Waals surface area contributed by atoms with Gasteiger partial charge in [-0.1, -0.05) is 54.9 Å². The average molecular weight is 624 g/mol. The number of hydrogen-bond acceptors (Lipinski definition) is 5. The minimum absolute atomic E-state index is 0.251. The summed E-state index contributed by atoms with van der Waals surface area (Å²) in [5, 5.41) is 0.630. The van der Waals surface area contributed by atoms with E-state index in [1.54, 1.807) is 17.0 Å². The topological polar surface area (TPSA) is 53.1 Å². The smallest absolute Gasteiger partial charge is 0.314 e. The second-order valence-corrected chi connectivity index (χ2v) is 12.3. The molecule has 2 saturated heterocycles. The van der Waals surface area contributed by atoms with E-state index < -0.39 is 23.1 Å². The molecule has 234 valence electrons. The molecule has 2 fully saturated rings. The molecule has 1 unspecified atom stereocenters. The maximum Gasteiger partial charge on any atom is 0.314 e. The third kappa shape index (κ3) is 7.65. The summed E-state index contributed by atoms with van der Waals surface area (Å²) < 4.78 is 35.3. The number of rotatable bonds is 9. The molecular weight excluding hydrogens is 584 g/mol. The highest BCUT2D eigenvalue weighted by atomic mass is 35.5. The van der Waals surface area contributed by atoms with Crippen molar-refractivity contribution in [1.82, 2.24) is 14.7 Å². The van der Waals surface area contributed by atoms with E-state index >= 15 is 8.78 Å². The number of benzene rings is 3. The van der Waals surface area contributed by atoms with E-state index in [1.165, 1.54) is 19.2 Å². The van der Waals surface area contributed by atoms with Crippen molar-refractivity contribution in [3.63, 3.8) is 0 Å². The van der Waals surface area contributed by atoms with Crippen LogP contribution in [0.15, 0.2) is 60.7 Å². The van der Waals surface area contributed by atoms with Gasteiger partial charge in [0.1, 0.15) is 17.2 Å². The highest BCUT2D eigenvalue weighted by molar-refractivity contribution is 6.30. The maximum atomic E-state index is 15.1. The molecule has 2 aliphatic rings. The number of ether oxygens (including phenoxy) is 1. The van der Waals surface area contributed by atoms with Crippen LogP contribution >= 0.6 is 11.6 Å². The first kappa shape index (κ1) is 32.1. The number of amides is 1. The monoisotopic (exact) mass is 623 g/mol. The molecule has 1 atom stereocenters. The molecule has 0 radical (unpaired) electrons. The molecular formula is C35H40ClF2N3O3. The fourth-order valence-electron chi connectivity index (χ4n) is 6.33. The summed E-state index contributed by atoms with van der Waals surface area (Å²) >= 11 is 6.03. The first-order valence-electron chi connectivity index (χ1n) is 15.4. The Labute approximate surface area is 263 Å². The molecule has 0 N–H and O–H groups in total. The van der Waals surface area contributed by atoms with Crippen LogP contribution in [-0.2, 0) is 16.0 Å². The Balaban J connectivity index is 1.11. The molecule has 2 heterocycles. The highest BCUT2D eigenvalue weighted by Gasteiger charge is 2.31. The zero-order chi connectivity index (χ0) is 31.2. The fraction of sp³-hybridized carbons (Fsp3) is 0.429. The number of likely N-dealkylation sites (tertiary alicyclic amines) is 1. The third-order valence-electron chi connectivity index (χ3n) is 9.01. The molecule has 44 heavy (non-hydrogen) atoms. The Morgan fingerprint density at radius 1 is 0.886 bits per heavy atom. The molecule has 0 bridgehead atoms. The SMILES string of the molecule is CCc1cccc(-c2cc(F)c(C(=O)N3CCN(CC4CCN(CC(C(=O)OC)c5ccc(Cl)cc5)CC4)CC3)c(F)c2)c1. The zero-order valence-electron chi connectivity index (χ0n) is 25.4. The number of hydrogen-bond donors (Lipinski definition) is 0. The quantitative estimate of drug-likeness (QED) is 0.263. The molecule has 5 rings (SSSR count). The van der Waals surface area contributed by atoms with Crippen LogP contribution in [0.5, 0.6) is 0 Å². The van der Waals surface area contributed by atoms with Crippen molar-refractivity contribution in [2.24, 2.45) is 5.92 Å². The van der Waals surface area contributed by atoms with E-state index in [0.717, 1.165) is 55.6 Å². The van der Waals surface area contributed by atoms with Gasteiger partial charge in [-0.05, 0) is 84.8 Å². The van der Waals surface area contributed by atoms with Gasteiger partial charge < -0.3 is 14.5 Å². The summed E-state index contributed by atoms with van der Waals surface area (Å²) in [7, 11) is 1.42. The van der Waals surface area contributed by atoms with Gasteiger partial charge >= 0.3 is 5.97 Å². The Hall–Kier alpha value is -3.33. The van der Waals surface area contributed by atoms with Gasteiger partial charge in [0.05, 0.1) is 13.0 Å². The lowest BCUT2D eigenvalue weighted by Gasteiger charge is -2.39. The minimum atomic E-state index is -0.827. The van der Waals surface area contributed by atoms with Gasteiger partial charge in [0.2, 0.25) is 0 Å². The number of nitrogens with zero attached hydrogens (tertiary/aromatic N) is 3. The number of piperidine rings is 1. The number of carbonyl (C=O) groups is 2. The lowest BCUT2D eigenvalue weighted by molar-refractivity contribution is -0.143. The van der Waals surface area contributed by atoms with E-state index in [2.05, 4.69) is 9.80 Å². The number of aryl methyl sites for hydroxylation is 1. The first-order chi connectivity index (χ1) is 21.2. The van der Waals surface area contributed by atoms with E-state index in [-0.39, 0.29) is 11.9 Å². The maximum absolute atomic E-state index is 15.1. The van der Waals surface area contributed by atoms with Gasteiger partial charge in [-0.3, -0.25) is 14.5 Å². The largest absolute Gasteiger partial charge is 0.469 e. The second kappa shape index (κ2) is 14.6. The molecule has 0 aliphatic carbocycles. The molecule has 2 aliphatic heterocycles. The van der Waals surface area contributed by atoms with Crippen molar-refractivity contribution in [3.05, 3.63) is 94.0 Å². The predicted octanol–water partition coefficient (Wildman–Crippen LogP) is 6.27. The molecule has 0 saturated carbocycles. The molecule has 0 aromatic heterocycles. The normalized spacial score (nSPS) is 17.4. The summed E-state index contributed by atoms with van der Waals surface area (Å²) in [6.45, 7) is 7.51. The summed E-state index contributed by atoms with van der Waals surface area (Å²) in [5.74, 6) is -2.35. The van der Waals surface area contributed by atoms with Crippen LogP contribution in [0.3, 0.4) is 0 Å². The molecule has 0 spiro atoms. The van der Waals surface area contributed by atoms with Crippen molar-refractivity contribution in [2.75, 3.05) is 59.5 Å². The first-order valence-corrected chi connectivity index (χ1v) is 15.8. The lowest BCUT2D eigenvalue weighted by Crippen LogP contribution is -2.51. The van der Waals surface area contributed by atoms with Crippen molar-refractivity contribution in [3.8, 4) is 11.1 Å². The van der Waals surface area contributed by atoms with E-state index in [4.69, 9.17) is 16.3 Å². The van der Waals surface area contributed by atoms with E-state index in [9.17, 15) is 9.59 Å². The van der Waals surface area contributed by atoms with Gasteiger partial charge in [-0.2, -0.15) is 0 Å². The Morgan fingerprint density at radius 2 is 1.55 bits per heavy atom. The van der Waals surface area contributed by atoms with Crippen LogP contribution in [0.1, 0.15) is 47.2 Å². The Bertz CT molecular complexity index is 1430. The average Bonchev–Trinajstić information content (AvgIpc) is 3.04. The van der Waals surface area contributed by atoms with Crippen LogP contribution in [-0.4, -0.2) is 86.0 Å². The van der Waals surface area contributed by atoms with Crippen molar-refractivity contribution >= 4 is 23.5 Å². The predicted molar refractivity (Wildman–Crippen MR) is 169 cm³/mol. The fourth-order valence-corrected chi connectivity index (χ4v) is 6.46. The number of piperazine rings is 1. The third-order valence-corrected chi connectivity index (χ3v) is 9.26. The van der Waals surface area contributed by atoms with Gasteiger partial charge in [0, 0.05) is 44.3 Å². The second-order valence-electron chi connectivity index (χ2n) is 11.8. The molecule has 9 heteroatoms. The Morgan fingerprint density at radius 3 is 2.16 bits per heavy atom. The van der Waals surface area contributed by atoms with Gasteiger partial charge in [-0.25, -0.2) is 8.78 Å². The summed E-state index contributed by atoms with van der Waals surface area (Å²) in [5.41, 5.74) is 2.64. The molecule has 3 aromatic rings. The highest BCUT2D eigenvalue weighted by Crippen LogP contribution is 2.28. The van der Waals surface area contributed by atoms with Crippen LogP contribution in [0.4, 0.5) is 8.78 Å². The number of halogens is 3. The summed E-state index contributed by atoms with van der Waals surface area (Å²) in [4.78, 5) is 31.9.